The fourth-order valence-electron chi connectivity index (χ4n) is 10.6. The zero-order chi connectivity index (χ0) is 47.4. The maximum absolute atomic E-state index is 14.8. The molecule has 354 valence electrons. The molecule has 2 aliphatic carbocycles. The summed E-state index contributed by atoms with van der Waals surface area (Å²) < 4.78 is 36.0. The van der Waals surface area contributed by atoms with Crippen molar-refractivity contribution in [3.05, 3.63) is 57.1 Å². The number of carbonyl (C=O) groups is 5. The Hall–Kier alpha value is -3.61. The van der Waals surface area contributed by atoms with E-state index < -0.39 is 131 Å². The van der Waals surface area contributed by atoms with Crippen molar-refractivity contribution in [2.45, 2.75) is 155 Å². The number of H-pyrrole nitrogens is 1. The molecule has 4 N–H and O–H groups in total. The van der Waals surface area contributed by atoms with Gasteiger partial charge in [0.05, 0.1) is 28.4 Å². The highest BCUT2D eigenvalue weighted by Gasteiger charge is 2.59. The number of hydrogen-bond acceptors (Lipinski definition) is 14. The molecule has 0 spiro atoms. The van der Waals surface area contributed by atoms with Crippen LogP contribution in [0, 0.1) is 42.4 Å². The molecule has 5 aliphatic rings. The van der Waals surface area contributed by atoms with Gasteiger partial charge in [-0.1, -0.05) is 75.2 Å². The van der Waals surface area contributed by atoms with E-state index in [1.807, 2.05) is 19.1 Å². The van der Waals surface area contributed by atoms with E-state index in [4.69, 9.17) is 51.6 Å². The third-order valence-electron chi connectivity index (χ3n) is 13.8. The first-order chi connectivity index (χ1) is 29.9. The number of carbonyl (C=O) groups excluding carboxylic acids is 5. The standard InChI is InChI=1S/C46H62Cl2N2O14/c1-18(2)37-39(55)33(44(57)50(37)45-42(59-11)41(63-26(10)52)40(23(7)61-45)62-25(9)51)38(54)32-20(4)12-14-27-29(15-13-19(3)31(27)32)64-30-17-46(58,43(56)24(8)60-30)21(5)16-28(53)36-35(48)34(47)22(6)49-36/h12,14,18,20-21,23-24,27,29-32,37,40-43,45,49,54,56,58H,3,13,15-17H2,1-2,4-11H3. The summed E-state index contributed by atoms with van der Waals surface area (Å²) in [5, 5.41) is 36.1. The minimum Gasteiger partial charge on any atom is -0.511 e. The second kappa shape index (κ2) is 19.3. The summed E-state index contributed by atoms with van der Waals surface area (Å²) in [4.78, 5) is 71.3. The van der Waals surface area contributed by atoms with Crippen molar-refractivity contribution in [2.24, 2.45) is 35.5 Å². The molecule has 1 saturated carbocycles. The number of aromatic nitrogens is 1. The average molecular weight is 938 g/mol. The second-order valence-electron chi connectivity index (χ2n) is 18.5. The molecular weight excluding hydrogens is 875 g/mol. The molecule has 0 radical (unpaired) electrons. The number of aryl methyl sites for hydroxylation is 1. The van der Waals surface area contributed by atoms with Crippen molar-refractivity contribution in [3.8, 4) is 0 Å². The SMILES string of the molecule is C=C1CCC(OC2CC(O)(C(C)CC(=O)c3[nH]c(C)c(Cl)c3Cl)C(O)C(C)O2)C2C=CC(C)C(C(O)=C3C(=O)C(C(C)C)N(C4OC(C)C(OC(C)=O)C(OC(C)=O)C4OC)C3=O)C12. The molecule has 64 heavy (non-hydrogen) atoms. The van der Waals surface area contributed by atoms with Crippen LogP contribution in [0.1, 0.15) is 97.3 Å². The Morgan fingerprint density at radius 2 is 1.64 bits per heavy atom. The number of ketones is 2. The lowest BCUT2D eigenvalue weighted by Crippen LogP contribution is -2.66. The van der Waals surface area contributed by atoms with E-state index >= 15 is 0 Å². The zero-order valence-corrected chi connectivity index (χ0v) is 39.5. The van der Waals surface area contributed by atoms with Gasteiger partial charge in [0.2, 0.25) is 0 Å². The number of aliphatic hydroxyl groups excluding tert-OH is 2. The highest BCUT2D eigenvalue weighted by atomic mass is 35.5. The van der Waals surface area contributed by atoms with Crippen LogP contribution in [0.15, 0.2) is 35.6 Å². The number of aliphatic hydroxyl groups is 3. The van der Waals surface area contributed by atoms with E-state index in [1.165, 1.54) is 25.9 Å². The molecule has 3 aliphatic heterocycles. The van der Waals surface area contributed by atoms with Gasteiger partial charge in [-0.2, -0.15) is 0 Å². The summed E-state index contributed by atoms with van der Waals surface area (Å²) in [6, 6.07) is -1.11. The molecule has 16 nitrogen and oxygen atoms in total. The normalized spacial score (nSPS) is 38.0. The predicted molar refractivity (Wildman–Crippen MR) is 232 cm³/mol. The van der Waals surface area contributed by atoms with Gasteiger partial charge in [0.15, 0.2) is 36.3 Å². The highest BCUT2D eigenvalue weighted by molar-refractivity contribution is 6.44. The Morgan fingerprint density at radius 3 is 2.22 bits per heavy atom. The second-order valence-corrected chi connectivity index (χ2v) is 19.3. The van der Waals surface area contributed by atoms with Crippen molar-refractivity contribution in [2.75, 3.05) is 7.11 Å². The van der Waals surface area contributed by atoms with Crippen LogP contribution in [-0.4, -0.2) is 129 Å². The van der Waals surface area contributed by atoms with Crippen LogP contribution in [0.3, 0.4) is 0 Å². The number of ether oxygens (including phenoxy) is 6. The highest BCUT2D eigenvalue weighted by Crippen LogP contribution is 2.51. The third-order valence-corrected chi connectivity index (χ3v) is 14.8. The molecular formula is C46H62Cl2N2O14. The van der Waals surface area contributed by atoms with E-state index in [-0.39, 0.29) is 40.3 Å². The van der Waals surface area contributed by atoms with Crippen molar-refractivity contribution < 1.29 is 67.7 Å². The van der Waals surface area contributed by atoms with Crippen molar-refractivity contribution in [1.29, 1.82) is 0 Å². The van der Waals surface area contributed by atoms with Crippen LogP contribution in [0.2, 0.25) is 10.0 Å². The molecule has 1 aromatic heterocycles. The number of rotatable bonds is 12. The third kappa shape index (κ3) is 9.10. The van der Waals surface area contributed by atoms with Crippen molar-refractivity contribution >= 4 is 52.6 Å². The quantitative estimate of drug-likeness (QED) is 0.0492. The van der Waals surface area contributed by atoms with Gasteiger partial charge in [0.1, 0.15) is 40.9 Å². The number of aromatic amines is 1. The van der Waals surface area contributed by atoms with Gasteiger partial charge in [0, 0.05) is 51.3 Å². The summed E-state index contributed by atoms with van der Waals surface area (Å²) >= 11 is 12.5. The largest absolute Gasteiger partial charge is 0.511 e. The number of methoxy groups -OCH3 is 1. The lowest BCUT2D eigenvalue weighted by Gasteiger charge is -2.50. The summed E-state index contributed by atoms with van der Waals surface area (Å²) in [5.41, 5.74) is -0.774. The van der Waals surface area contributed by atoms with Crippen LogP contribution in [0.5, 0.6) is 0 Å². The van der Waals surface area contributed by atoms with E-state index in [1.54, 1.807) is 41.5 Å². The number of fused-ring (bicyclic) bond motifs is 1. The first-order valence-corrected chi connectivity index (χ1v) is 22.7. The van der Waals surface area contributed by atoms with Gasteiger partial charge >= 0.3 is 11.9 Å². The Kier molecular flexibility index (Phi) is 15.0. The summed E-state index contributed by atoms with van der Waals surface area (Å²) in [6.07, 6.45) is -5.00. The first kappa shape index (κ1) is 49.8. The fourth-order valence-corrected chi connectivity index (χ4v) is 11.0. The lowest BCUT2D eigenvalue weighted by molar-refractivity contribution is -0.301. The van der Waals surface area contributed by atoms with Crippen LogP contribution >= 0.6 is 23.2 Å². The Labute approximate surface area is 383 Å². The van der Waals surface area contributed by atoms with Gasteiger partial charge in [-0.15, -0.1) is 0 Å². The van der Waals surface area contributed by atoms with Gasteiger partial charge in [-0.05, 0) is 57.3 Å². The molecule has 0 bridgehead atoms. The number of halogens is 2. The Morgan fingerprint density at radius 1 is 1.00 bits per heavy atom. The molecule has 4 heterocycles. The molecule has 1 amide bonds. The van der Waals surface area contributed by atoms with Crippen molar-refractivity contribution in [3.63, 3.8) is 0 Å². The maximum Gasteiger partial charge on any atom is 0.303 e. The smallest absolute Gasteiger partial charge is 0.303 e. The molecule has 16 unspecified atom stereocenters. The number of nitrogens with one attached hydrogen (secondary N) is 1. The number of allylic oxidation sites excluding steroid dienone is 3. The summed E-state index contributed by atoms with van der Waals surface area (Å²) in [5.74, 6) is -6.87. The van der Waals surface area contributed by atoms with Gasteiger partial charge < -0.3 is 48.7 Å². The zero-order valence-electron chi connectivity index (χ0n) is 38.0. The van der Waals surface area contributed by atoms with E-state index in [0.717, 1.165) is 5.57 Å². The van der Waals surface area contributed by atoms with E-state index in [0.29, 0.717) is 18.5 Å². The molecule has 1 aromatic rings. The lowest BCUT2D eigenvalue weighted by atomic mass is 9.61. The minimum atomic E-state index is -1.81. The summed E-state index contributed by atoms with van der Waals surface area (Å²) in [6.45, 7) is 18.7. The number of esters is 2. The first-order valence-electron chi connectivity index (χ1n) is 21.9. The van der Waals surface area contributed by atoms with Crippen LogP contribution in [-0.2, 0) is 47.6 Å². The number of hydrogen-bond donors (Lipinski definition) is 4. The molecule has 18 heteroatoms. The topological polar surface area (TPSA) is 220 Å². The van der Waals surface area contributed by atoms with Crippen LogP contribution in [0.25, 0.3) is 0 Å². The fraction of sp³-hybridized carbons (Fsp3) is 0.674. The Balaban J connectivity index is 1.27. The van der Waals surface area contributed by atoms with E-state index in [2.05, 4.69) is 11.6 Å². The molecule has 4 fully saturated rings. The molecule has 16 atom stereocenters. The van der Waals surface area contributed by atoms with E-state index in [9.17, 15) is 39.3 Å². The minimum absolute atomic E-state index is 0.0881. The van der Waals surface area contributed by atoms with Crippen LogP contribution in [0.4, 0.5) is 0 Å². The number of amides is 1. The maximum atomic E-state index is 14.8. The van der Waals surface area contributed by atoms with Gasteiger partial charge in [-0.25, -0.2) is 0 Å². The van der Waals surface area contributed by atoms with Crippen molar-refractivity contribution in [1.82, 2.24) is 9.88 Å². The predicted octanol–water partition coefficient (Wildman–Crippen LogP) is 5.73. The number of Topliss-reactive ketones (excluding diaryl/α,β-unsaturated/α-hetero) is 2. The van der Waals surface area contributed by atoms with Gasteiger partial charge in [-0.3, -0.25) is 28.9 Å². The van der Waals surface area contributed by atoms with Gasteiger partial charge in [0.25, 0.3) is 5.91 Å². The summed E-state index contributed by atoms with van der Waals surface area (Å²) in [7, 11) is 1.32. The van der Waals surface area contributed by atoms with Crippen LogP contribution < -0.4 is 0 Å². The average Bonchev–Trinajstić information content (AvgIpc) is 3.63. The monoisotopic (exact) mass is 936 g/mol. The molecule has 0 aromatic carbocycles. The number of nitrogens with zero attached hydrogens (tertiary/aromatic N) is 1. The molecule has 6 rings (SSSR count). The molecule has 3 saturated heterocycles. The number of likely N-dealkylation sites (tertiary alicyclic amines) is 1. The Bertz CT molecular complexity index is 2080.